The number of hydrogen-bond acceptors (Lipinski definition) is 10. The summed E-state index contributed by atoms with van der Waals surface area (Å²) >= 11 is 12.3. The predicted octanol–water partition coefficient (Wildman–Crippen LogP) is 11.5. The first-order valence-electron chi connectivity index (χ1n) is 33.5. The topological polar surface area (TPSA) is 199 Å². The summed E-state index contributed by atoms with van der Waals surface area (Å²) < 4.78 is 13.5. The summed E-state index contributed by atoms with van der Waals surface area (Å²) in [6.45, 7) is 2.93. The Kier molecular flexibility index (Phi) is 28.0. The fraction of sp³-hybridized carbons (Fsp3) is 0.222. The molecule has 1 fully saturated rings. The van der Waals surface area contributed by atoms with Crippen LogP contribution in [0, 0.1) is 0 Å². The predicted molar refractivity (Wildman–Crippen MR) is 396 cm³/mol. The van der Waals surface area contributed by atoms with Gasteiger partial charge in [-0.1, -0.05) is 266 Å². The van der Waals surface area contributed by atoms with Gasteiger partial charge in [0.1, 0.15) is 16.7 Å². The van der Waals surface area contributed by atoms with Crippen molar-refractivity contribution in [3.63, 3.8) is 0 Å². The highest BCUT2D eigenvalue weighted by atomic mass is 35.5. The smallest absolute Gasteiger partial charge is 0.333 e. The molecule has 101 heavy (non-hydrogen) atoms. The van der Waals surface area contributed by atoms with E-state index in [-0.39, 0.29) is 63.6 Å². The molecule has 0 bridgehead atoms. The van der Waals surface area contributed by atoms with Crippen molar-refractivity contribution < 1.29 is 19.1 Å². The second-order valence-corrected chi connectivity index (χ2v) is 24.6. The monoisotopic (exact) mass is 1390 g/mol. The van der Waals surface area contributed by atoms with Gasteiger partial charge in [-0.05, 0) is 95.9 Å². The minimum absolute atomic E-state index is 0.182. The van der Waals surface area contributed by atoms with E-state index in [1.807, 2.05) is 243 Å². The number of hydrogen-bond donors (Lipinski definition) is 0. The summed E-state index contributed by atoms with van der Waals surface area (Å²) in [5.41, 5.74) is 6.62. The lowest BCUT2D eigenvalue weighted by Crippen LogP contribution is -2.55. The number of carbonyl (C=O) groups is 3. The van der Waals surface area contributed by atoms with E-state index in [9.17, 15) is 43.2 Å². The van der Waals surface area contributed by atoms with Gasteiger partial charge in [0.05, 0.1) is 13.2 Å². The number of amides is 4. The quantitative estimate of drug-likeness (QED) is 0.0392. The summed E-state index contributed by atoms with van der Waals surface area (Å²) in [4.78, 5) is 114. The number of methoxy groups -OCH3 is 1. The second kappa shape index (κ2) is 38.2. The number of imide groups is 2. The zero-order valence-electron chi connectivity index (χ0n) is 56.3. The number of barbiturate groups is 1. The van der Waals surface area contributed by atoms with E-state index in [2.05, 4.69) is 0 Å². The van der Waals surface area contributed by atoms with Gasteiger partial charge < -0.3 is 4.74 Å². The zero-order chi connectivity index (χ0) is 71.3. The van der Waals surface area contributed by atoms with Gasteiger partial charge in [-0.15, -0.1) is 0 Å². The number of aromatic nitrogens is 6. The number of urea groups is 1. The fourth-order valence-electron chi connectivity index (χ4n) is 11.4. The van der Waals surface area contributed by atoms with Crippen LogP contribution >= 0.6 is 23.2 Å². The average Bonchev–Trinajstić information content (AvgIpc) is 0.835. The van der Waals surface area contributed by atoms with Crippen LogP contribution in [0.2, 0.25) is 10.3 Å². The lowest BCUT2D eigenvalue weighted by Gasteiger charge is -2.32. The molecule has 1 aliphatic rings. The van der Waals surface area contributed by atoms with Crippen molar-refractivity contribution in [2.75, 3.05) is 20.2 Å². The first-order valence-corrected chi connectivity index (χ1v) is 34.2. The third-order valence-corrected chi connectivity index (χ3v) is 17.6. The number of halogens is 2. The molecule has 0 saturated carbocycles. The van der Waals surface area contributed by atoms with Gasteiger partial charge >= 0.3 is 23.1 Å². The van der Waals surface area contributed by atoms with Gasteiger partial charge in [0.25, 0.3) is 16.7 Å². The fourth-order valence-corrected chi connectivity index (χ4v) is 11.9. The van der Waals surface area contributed by atoms with Gasteiger partial charge in [0.15, 0.2) is 0 Å². The molecule has 18 nitrogen and oxygen atoms in total. The number of carbonyl (C=O) groups excluding carboxylic acids is 3. The first-order chi connectivity index (χ1) is 49.1. The van der Waals surface area contributed by atoms with E-state index >= 15 is 0 Å². The van der Waals surface area contributed by atoms with Gasteiger partial charge in [-0.3, -0.25) is 61.2 Å². The van der Waals surface area contributed by atoms with Crippen molar-refractivity contribution in [1.82, 2.24) is 37.2 Å². The molecule has 8 aromatic carbocycles. The van der Waals surface area contributed by atoms with Crippen LogP contribution in [0.15, 0.2) is 290 Å². The Bertz CT molecular complexity index is 4620. The summed E-state index contributed by atoms with van der Waals surface area (Å²) in [5, 5.41) is 0.365. The largest absolute Gasteiger partial charge is 0.482 e. The van der Waals surface area contributed by atoms with E-state index in [0.717, 1.165) is 44.5 Å². The van der Waals surface area contributed by atoms with Crippen molar-refractivity contribution in [3.8, 4) is 5.88 Å². The molecule has 518 valence electrons. The third kappa shape index (κ3) is 21.9. The molecule has 0 atom stereocenters. The number of aryl methyl sites for hydroxylation is 6. The van der Waals surface area contributed by atoms with Gasteiger partial charge in [0, 0.05) is 64.5 Å². The maximum absolute atomic E-state index is 12.9. The maximum atomic E-state index is 12.9. The molecule has 20 heteroatoms. The zero-order valence-corrected chi connectivity index (χ0v) is 57.8. The van der Waals surface area contributed by atoms with Gasteiger partial charge in [-0.25, -0.2) is 19.2 Å². The summed E-state index contributed by atoms with van der Waals surface area (Å²) in [5.74, 6) is -0.532. The van der Waals surface area contributed by atoms with Crippen LogP contribution in [-0.2, 0) is 100 Å². The minimum Gasteiger partial charge on any atom is -0.482 e. The van der Waals surface area contributed by atoms with E-state index in [0.29, 0.717) is 96.5 Å². The normalized spacial score (nSPS) is 11.8. The van der Waals surface area contributed by atoms with Crippen LogP contribution in [-0.4, -0.2) is 75.2 Å². The molecule has 1 aliphatic heterocycles. The molecular formula is C81H80Cl2N8O10. The first kappa shape index (κ1) is 74.0. The third-order valence-electron chi connectivity index (χ3n) is 17.0. The Hall–Kier alpha value is -11.2. The highest BCUT2D eigenvalue weighted by molar-refractivity contribution is 6.29. The van der Waals surface area contributed by atoms with Crippen molar-refractivity contribution in [1.29, 1.82) is 0 Å². The van der Waals surface area contributed by atoms with E-state index in [4.69, 9.17) is 27.9 Å². The lowest BCUT2D eigenvalue weighted by atomic mass is 10.1. The van der Waals surface area contributed by atoms with Crippen molar-refractivity contribution in [2.24, 2.45) is 0 Å². The van der Waals surface area contributed by atoms with Crippen LogP contribution in [0.5, 0.6) is 5.88 Å². The molecule has 1 saturated heterocycles. The van der Waals surface area contributed by atoms with Crippen LogP contribution in [0.3, 0.4) is 0 Å². The van der Waals surface area contributed by atoms with Crippen molar-refractivity contribution in [2.45, 2.75) is 97.1 Å². The maximum Gasteiger partial charge on any atom is 0.333 e. The molecule has 4 heterocycles. The highest BCUT2D eigenvalue weighted by Crippen LogP contribution is 2.17. The lowest BCUT2D eigenvalue weighted by molar-refractivity contribution is -0.142. The molecule has 3 aromatic heterocycles. The highest BCUT2D eigenvalue weighted by Gasteiger charge is 2.37. The Labute approximate surface area is 595 Å². The van der Waals surface area contributed by atoms with Crippen LogP contribution in [0.1, 0.15) is 50.9 Å². The number of nitrogens with zero attached hydrogens (tertiary/aromatic N) is 8. The SMILES string of the molecule is COc1cc(=O)n(CCc2ccccc2)c(=O)n1CCc1ccccc1.O=C1CC(=O)N(CCc2ccccc2)C(=O)N1CCc1ccccc1.O=c1cc(Cl)n(CCc2ccccc2)c(=O)n1CCc1ccccc1.O=c1cc(Cl)n(CCc2ccccc2)c(=O)n1CCc1ccccc1. The molecule has 0 aliphatic carbocycles. The number of benzene rings is 8. The summed E-state index contributed by atoms with van der Waals surface area (Å²) in [7, 11) is 1.47. The van der Waals surface area contributed by atoms with Crippen molar-refractivity contribution >= 4 is 41.0 Å². The summed E-state index contributed by atoms with van der Waals surface area (Å²) in [6.07, 6.45) is 4.84. The molecule has 11 aromatic rings. The molecule has 0 radical (unpaired) electrons. The minimum atomic E-state index is -0.506. The van der Waals surface area contributed by atoms with E-state index in [1.54, 1.807) is 0 Å². The van der Waals surface area contributed by atoms with E-state index in [1.165, 1.54) is 62.5 Å². The van der Waals surface area contributed by atoms with Crippen LogP contribution in [0.4, 0.5) is 4.79 Å². The van der Waals surface area contributed by atoms with Gasteiger partial charge in [-0.2, -0.15) is 0 Å². The van der Waals surface area contributed by atoms with E-state index < -0.39 is 17.8 Å². The van der Waals surface area contributed by atoms with Crippen LogP contribution in [0.25, 0.3) is 0 Å². The molecular weight excluding hydrogens is 1320 g/mol. The Morgan fingerprint density at radius 1 is 0.277 bits per heavy atom. The van der Waals surface area contributed by atoms with Crippen LogP contribution < -0.4 is 38.5 Å². The standard InChI is InChI=1S/C21H22N2O3.2C20H19ClN2O2.C20H20N2O3/c1-26-20-16-19(24)22(14-12-17-8-4-2-5-9-17)21(25)23(20)15-13-18-10-6-3-7-11-18;2*21-18-15-19(24)23(14-12-17-9-5-2-6-10-17)20(25)22(18)13-11-16-7-3-1-4-8-16;23-18-15-19(24)22(14-12-17-9-5-2-6-10-17)20(25)21(18)13-11-16-7-3-1-4-8-16/h2-11,16H,12-15H2,1H3;2*1-10,15H,11-14H2;1-10H,11-15H2. The molecule has 0 N–H and O–H groups in total. The Balaban J connectivity index is 0.000000157. The number of ether oxygens (including phenoxy) is 1. The van der Waals surface area contributed by atoms with Gasteiger partial charge in [0.2, 0.25) is 17.7 Å². The number of rotatable bonds is 25. The molecule has 0 unspecified atom stereocenters. The molecule has 12 rings (SSSR count). The second-order valence-electron chi connectivity index (χ2n) is 23.8. The molecule has 0 spiro atoms. The summed E-state index contributed by atoms with van der Waals surface area (Å²) in [6, 6.07) is 81.9. The van der Waals surface area contributed by atoms with Crippen molar-refractivity contribution in [3.05, 3.63) is 378 Å². The average molecular weight is 1400 g/mol. The Morgan fingerprint density at radius 3 is 0.733 bits per heavy atom. The molecule has 4 amide bonds. The Morgan fingerprint density at radius 2 is 0.485 bits per heavy atom.